The lowest BCUT2D eigenvalue weighted by Gasteiger charge is -2.12. The first-order valence-electron chi connectivity index (χ1n) is 10.7. The van der Waals surface area contributed by atoms with E-state index in [1.165, 1.54) is 38.2 Å². The van der Waals surface area contributed by atoms with Gasteiger partial charge in [0.2, 0.25) is 0 Å². The molecule has 5 aromatic carbocycles. The fraction of sp³-hybridized carbons (Fsp3) is 0.0333. The number of halogens is 1. The highest BCUT2D eigenvalue weighted by atomic mass is 35.5. The molecule has 0 N–H and O–H groups in total. The number of nitrogens with zero attached hydrogens (tertiary/aromatic N) is 1. The summed E-state index contributed by atoms with van der Waals surface area (Å²) < 4.78 is 0. The van der Waals surface area contributed by atoms with Crippen molar-refractivity contribution in [2.24, 2.45) is 0 Å². The molecule has 0 radical (unpaired) electrons. The van der Waals surface area contributed by atoms with Gasteiger partial charge in [-0.2, -0.15) is 0 Å². The van der Waals surface area contributed by atoms with Gasteiger partial charge in [-0.15, -0.1) is 0 Å². The van der Waals surface area contributed by atoms with Gasteiger partial charge in [-0.3, -0.25) is 0 Å². The van der Waals surface area contributed by atoms with E-state index >= 15 is 0 Å². The first-order valence-corrected chi connectivity index (χ1v) is 11.1. The van der Waals surface area contributed by atoms with Gasteiger partial charge in [0.15, 0.2) is 0 Å². The summed E-state index contributed by atoms with van der Waals surface area (Å²) in [5.41, 5.74) is 6.45. The fourth-order valence-electron chi connectivity index (χ4n) is 4.50. The minimum atomic E-state index is 0.722. The number of pyridine rings is 1. The molecule has 6 rings (SSSR count). The Morgan fingerprint density at radius 2 is 1.19 bits per heavy atom. The average Bonchev–Trinajstić information content (AvgIpc) is 2.83. The van der Waals surface area contributed by atoms with E-state index in [1.54, 1.807) is 0 Å². The highest BCUT2D eigenvalue weighted by Gasteiger charge is 2.11. The van der Waals surface area contributed by atoms with Crippen molar-refractivity contribution in [3.05, 3.63) is 114 Å². The molecule has 0 unspecified atom stereocenters. The van der Waals surface area contributed by atoms with Crippen LogP contribution in [0.2, 0.25) is 5.02 Å². The summed E-state index contributed by atoms with van der Waals surface area (Å²) in [5.74, 6) is 0. The van der Waals surface area contributed by atoms with Crippen LogP contribution in [0.25, 0.3) is 54.8 Å². The molecule has 0 bridgehead atoms. The molecular weight excluding hydrogens is 410 g/mol. The summed E-state index contributed by atoms with van der Waals surface area (Å²) in [5, 5.41) is 6.60. The molecule has 0 atom stereocenters. The van der Waals surface area contributed by atoms with Crippen LogP contribution in [-0.4, -0.2) is 4.98 Å². The number of hydrogen-bond donors (Lipinski definition) is 0. The van der Waals surface area contributed by atoms with Crippen molar-refractivity contribution in [3.8, 4) is 22.4 Å². The second-order valence-electron chi connectivity index (χ2n) is 8.30. The maximum absolute atomic E-state index is 6.80. The molecule has 0 fully saturated rings. The van der Waals surface area contributed by atoms with Crippen LogP contribution in [0.4, 0.5) is 0 Å². The lowest BCUT2D eigenvalue weighted by atomic mass is 9.95. The van der Waals surface area contributed by atoms with Gasteiger partial charge in [-0.05, 0) is 75.5 Å². The van der Waals surface area contributed by atoms with Gasteiger partial charge in [-0.25, -0.2) is 4.98 Å². The third-order valence-electron chi connectivity index (χ3n) is 6.21. The predicted molar refractivity (Wildman–Crippen MR) is 137 cm³/mol. The molecule has 6 aromatic rings. The zero-order valence-electron chi connectivity index (χ0n) is 17.6. The number of aromatic nitrogens is 1. The van der Waals surface area contributed by atoms with Crippen molar-refractivity contribution in [3.63, 3.8) is 0 Å². The van der Waals surface area contributed by atoms with Crippen LogP contribution in [0.1, 0.15) is 5.56 Å². The van der Waals surface area contributed by atoms with Crippen LogP contribution < -0.4 is 0 Å². The molecule has 0 saturated heterocycles. The van der Waals surface area contributed by atoms with Crippen molar-refractivity contribution in [1.29, 1.82) is 0 Å². The summed E-state index contributed by atoms with van der Waals surface area (Å²) in [6.45, 7) is 2.14. The zero-order chi connectivity index (χ0) is 21.7. The zero-order valence-corrected chi connectivity index (χ0v) is 18.4. The highest BCUT2D eigenvalue weighted by molar-refractivity contribution is 6.35. The van der Waals surface area contributed by atoms with Crippen molar-refractivity contribution < 1.29 is 0 Å². The quantitative estimate of drug-likeness (QED) is 0.268. The van der Waals surface area contributed by atoms with E-state index in [2.05, 4.69) is 104 Å². The smallest absolute Gasteiger partial charge is 0.0727 e. The summed E-state index contributed by atoms with van der Waals surface area (Å²) in [6, 6.07) is 36.1. The van der Waals surface area contributed by atoms with E-state index in [4.69, 9.17) is 16.6 Å². The first-order chi connectivity index (χ1) is 15.7. The summed E-state index contributed by atoms with van der Waals surface area (Å²) >= 11 is 6.80. The van der Waals surface area contributed by atoms with Gasteiger partial charge in [0.25, 0.3) is 0 Å². The van der Waals surface area contributed by atoms with E-state index in [-0.39, 0.29) is 0 Å². The Hall–Kier alpha value is -3.68. The minimum Gasteiger partial charge on any atom is -0.248 e. The molecule has 0 aliphatic rings. The van der Waals surface area contributed by atoms with E-state index < -0.39 is 0 Å². The molecular formula is C30H20ClN. The minimum absolute atomic E-state index is 0.722. The molecule has 0 saturated carbocycles. The third-order valence-corrected chi connectivity index (χ3v) is 6.52. The molecule has 0 aliphatic heterocycles. The van der Waals surface area contributed by atoms with Crippen molar-refractivity contribution in [1.82, 2.24) is 4.98 Å². The number of fused-ring (bicyclic) bond motifs is 3. The molecule has 1 nitrogen and oxygen atoms in total. The van der Waals surface area contributed by atoms with Crippen molar-refractivity contribution in [2.75, 3.05) is 0 Å². The SMILES string of the molecule is Cc1cc2nc(-c3ccc4ccccc4c3)cc(Cl)c2cc1-c1ccc2ccccc2c1. The van der Waals surface area contributed by atoms with Crippen molar-refractivity contribution >= 4 is 44.0 Å². The Bertz CT molecular complexity index is 1650. The molecule has 1 aromatic heterocycles. The topological polar surface area (TPSA) is 12.9 Å². The molecule has 32 heavy (non-hydrogen) atoms. The fourth-order valence-corrected chi connectivity index (χ4v) is 4.76. The van der Waals surface area contributed by atoms with E-state index in [0.29, 0.717) is 0 Å². The van der Waals surface area contributed by atoms with Gasteiger partial charge in [-0.1, -0.05) is 84.4 Å². The highest BCUT2D eigenvalue weighted by Crippen LogP contribution is 2.35. The van der Waals surface area contributed by atoms with Gasteiger partial charge in [0.1, 0.15) is 0 Å². The van der Waals surface area contributed by atoms with Crippen molar-refractivity contribution in [2.45, 2.75) is 6.92 Å². The Morgan fingerprint density at radius 3 is 1.88 bits per heavy atom. The number of hydrogen-bond acceptors (Lipinski definition) is 1. The van der Waals surface area contributed by atoms with Crippen LogP contribution in [0, 0.1) is 6.92 Å². The summed E-state index contributed by atoms with van der Waals surface area (Å²) in [6.07, 6.45) is 0. The number of aryl methyl sites for hydroxylation is 1. The Kier molecular flexibility index (Phi) is 4.45. The lowest BCUT2D eigenvalue weighted by molar-refractivity contribution is 1.38. The van der Waals surface area contributed by atoms with E-state index in [9.17, 15) is 0 Å². The predicted octanol–water partition coefficient (Wildman–Crippen LogP) is 8.84. The molecule has 0 aliphatic carbocycles. The van der Waals surface area contributed by atoms with Gasteiger partial charge < -0.3 is 0 Å². The van der Waals surface area contributed by atoms with Crippen LogP contribution in [0.15, 0.2) is 103 Å². The standard InChI is InChI=1S/C30H20ClN/c1-19-14-30-27(17-26(19)24-12-10-20-6-2-4-8-22(20)15-24)28(31)18-29(32-30)25-13-11-21-7-3-5-9-23(21)16-25/h2-18H,1H3. The third kappa shape index (κ3) is 3.23. The van der Waals surface area contributed by atoms with Gasteiger partial charge in [0, 0.05) is 10.9 Å². The van der Waals surface area contributed by atoms with Crippen LogP contribution in [0.5, 0.6) is 0 Å². The van der Waals surface area contributed by atoms with Gasteiger partial charge in [0.05, 0.1) is 16.2 Å². The monoisotopic (exact) mass is 429 g/mol. The van der Waals surface area contributed by atoms with Crippen LogP contribution >= 0.6 is 11.6 Å². The lowest BCUT2D eigenvalue weighted by Crippen LogP contribution is -1.91. The summed E-state index contributed by atoms with van der Waals surface area (Å²) in [7, 11) is 0. The second-order valence-corrected chi connectivity index (χ2v) is 8.70. The Labute approximate surface area is 191 Å². The van der Waals surface area contributed by atoms with E-state index in [0.717, 1.165) is 27.2 Å². The largest absolute Gasteiger partial charge is 0.248 e. The molecule has 152 valence electrons. The van der Waals surface area contributed by atoms with Crippen LogP contribution in [-0.2, 0) is 0 Å². The molecule has 0 amide bonds. The van der Waals surface area contributed by atoms with E-state index in [1.807, 2.05) is 6.07 Å². The average molecular weight is 430 g/mol. The second kappa shape index (κ2) is 7.47. The maximum atomic E-state index is 6.80. The first kappa shape index (κ1) is 19.0. The molecule has 1 heterocycles. The van der Waals surface area contributed by atoms with Gasteiger partial charge >= 0.3 is 0 Å². The number of rotatable bonds is 2. The molecule has 0 spiro atoms. The summed E-state index contributed by atoms with van der Waals surface area (Å²) in [4.78, 5) is 4.97. The molecule has 2 heteroatoms. The Balaban J connectivity index is 1.49. The normalized spacial score (nSPS) is 11.4. The maximum Gasteiger partial charge on any atom is 0.0727 e. The van der Waals surface area contributed by atoms with Crippen LogP contribution in [0.3, 0.4) is 0 Å². The Morgan fingerprint density at radius 1 is 0.594 bits per heavy atom. The number of benzene rings is 5.